The molecule has 1 saturated carbocycles. The standard InChI is InChI=1S/C21H36O2/c1-3-4-5-6-7-10-14-19-16-12-17-20(19)15-11-8-9-13-18(2)21(22)23/h8,10-11,14,18-20H,3-7,9,12-13,15-17H2,1-2H3,(H,22,23)/t18?,19-,20-/m0/s1. The summed E-state index contributed by atoms with van der Waals surface area (Å²) in [6.45, 7) is 4.04. The maximum absolute atomic E-state index is 10.8. The number of unbranched alkanes of at least 4 members (excludes halogenated alkanes) is 4. The lowest BCUT2D eigenvalue weighted by atomic mass is 9.92. The molecule has 1 fully saturated rings. The summed E-state index contributed by atoms with van der Waals surface area (Å²) in [4.78, 5) is 10.8. The third kappa shape index (κ3) is 8.98. The smallest absolute Gasteiger partial charge is 0.306 e. The molecule has 2 nitrogen and oxygen atoms in total. The predicted octanol–water partition coefficient (Wildman–Crippen LogP) is 6.38. The summed E-state index contributed by atoms with van der Waals surface area (Å²) in [5.74, 6) is 0.659. The molecule has 0 radical (unpaired) electrons. The van der Waals surface area contributed by atoms with Crippen molar-refractivity contribution in [1.29, 1.82) is 0 Å². The molecule has 0 aromatic carbocycles. The van der Waals surface area contributed by atoms with Gasteiger partial charge in [-0.05, 0) is 56.8 Å². The molecule has 0 aliphatic heterocycles. The van der Waals surface area contributed by atoms with Crippen molar-refractivity contribution in [3.05, 3.63) is 24.3 Å². The van der Waals surface area contributed by atoms with E-state index in [0.717, 1.165) is 31.1 Å². The molecule has 0 aromatic heterocycles. The first-order valence-corrected chi connectivity index (χ1v) is 9.69. The molecule has 3 atom stereocenters. The Morgan fingerprint density at radius 3 is 2.70 bits per heavy atom. The third-order valence-electron chi connectivity index (χ3n) is 5.12. The van der Waals surface area contributed by atoms with Gasteiger partial charge in [0.15, 0.2) is 0 Å². The first-order valence-electron chi connectivity index (χ1n) is 9.69. The summed E-state index contributed by atoms with van der Waals surface area (Å²) < 4.78 is 0. The van der Waals surface area contributed by atoms with Gasteiger partial charge in [0.05, 0.1) is 5.92 Å². The first kappa shape index (κ1) is 20.0. The van der Waals surface area contributed by atoms with Gasteiger partial charge < -0.3 is 5.11 Å². The van der Waals surface area contributed by atoms with Gasteiger partial charge in [0, 0.05) is 0 Å². The Kier molecular flexibility index (Phi) is 10.8. The van der Waals surface area contributed by atoms with Crippen LogP contribution < -0.4 is 0 Å². The fourth-order valence-corrected chi connectivity index (χ4v) is 3.43. The number of aliphatic carboxylic acids is 1. The third-order valence-corrected chi connectivity index (χ3v) is 5.12. The topological polar surface area (TPSA) is 37.3 Å². The van der Waals surface area contributed by atoms with Gasteiger partial charge >= 0.3 is 5.97 Å². The average molecular weight is 321 g/mol. The fraction of sp³-hybridized carbons (Fsp3) is 0.762. The van der Waals surface area contributed by atoms with E-state index in [1.807, 2.05) is 0 Å². The van der Waals surface area contributed by atoms with Gasteiger partial charge in [-0.1, -0.05) is 63.8 Å². The summed E-state index contributed by atoms with van der Waals surface area (Å²) in [6.07, 6.45) is 22.8. The van der Waals surface area contributed by atoms with Crippen LogP contribution in [-0.2, 0) is 4.79 Å². The molecule has 1 unspecified atom stereocenters. The van der Waals surface area contributed by atoms with Crippen molar-refractivity contribution >= 4 is 5.97 Å². The Morgan fingerprint density at radius 1 is 1.13 bits per heavy atom. The number of carboxylic acids is 1. The van der Waals surface area contributed by atoms with Crippen LogP contribution in [0, 0.1) is 17.8 Å². The summed E-state index contributed by atoms with van der Waals surface area (Å²) in [5, 5.41) is 8.86. The lowest BCUT2D eigenvalue weighted by Crippen LogP contribution is -2.08. The molecule has 0 aromatic rings. The molecule has 1 aliphatic carbocycles. The largest absolute Gasteiger partial charge is 0.481 e. The highest BCUT2D eigenvalue weighted by atomic mass is 16.4. The second kappa shape index (κ2) is 12.4. The van der Waals surface area contributed by atoms with E-state index in [0.29, 0.717) is 0 Å². The maximum atomic E-state index is 10.8. The molecule has 1 rings (SSSR count). The Morgan fingerprint density at radius 2 is 1.96 bits per heavy atom. The zero-order valence-electron chi connectivity index (χ0n) is 15.2. The van der Waals surface area contributed by atoms with E-state index in [1.165, 1.54) is 51.4 Å². The minimum Gasteiger partial charge on any atom is -0.481 e. The SMILES string of the molecule is CCCCCCC=C[C@H]1CCC[C@@H]1CC=CCCC(C)C(=O)O. The number of hydrogen-bond donors (Lipinski definition) is 1. The molecule has 2 heteroatoms. The zero-order valence-corrected chi connectivity index (χ0v) is 15.2. The normalized spacial score (nSPS) is 23.0. The molecule has 23 heavy (non-hydrogen) atoms. The zero-order chi connectivity index (χ0) is 16.9. The van der Waals surface area contributed by atoms with Crippen LogP contribution >= 0.6 is 0 Å². The van der Waals surface area contributed by atoms with E-state index in [1.54, 1.807) is 6.92 Å². The monoisotopic (exact) mass is 320 g/mol. The maximum Gasteiger partial charge on any atom is 0.306 e. The van der Waals surface area contributed by atoms with E-state index in [-0.39, 0.29) is 5.92 Å². The highest BCUT2D eigenvalue weighted by Gasteiger charge is 2.23. The molecule has 0 heterocycles. The molecule has 0 bridgehead atoms. The van der Waals surface area contributed by atoms with Crippen molar-refractivity contribution in [2.75, 3.05) is 0 Å². The van der Waals surface area contributed by atoms with Crippen LogP contribution in [0.4, 0.5) is 0 Å². The van der Waals surface area contributed by atoms with Crippen LogP contribution in [0.1, 0.15) is 84.5 Å². The van der Waals surface area contributed by atoms with Crippen molar-refractivity contribution in [2.24, 2.45) is 17.8 Å². The van der Waals surface area contributed by atoms with Gasteiger partial charge in [0.1, 0.15) is 0 Å². The van der Waals surface area contributed by atoms with Crippen LogP contribution in [0.3, 0.4) is 0 Å². The lowest BCUT2D eigenvalue weighted by Gasteiger charge is -2.14. The van der Waals surface area contributed by atoms with E-state index in [4.69, 9.17) is 5.11 Å². The van der Waals surface area contributed by atoms with Crippen molar-refractivity contribution in [1.82, 2.24) is 0 Å². The van der Waals surface area contributed by atoms with E-state index in [2.05, 4.69) is 31.2 Å². The Balaban J connectivity index is 2.19. The minimum absolute atomic E-state index is 0.227. The molecule has 0 spiro atoms. The number of allylic oxidation sites excluding steroid dienone is 4. The Hall–Kier alpha value is -1.05. The van der Waals surface area contributed by atoms with Crippen LogP contribution in [0.25, 0.3) is 0 Å². The fourth-order valence-electron chi connectivity index (χ4n) is 3.43. The number of carbonyl (C=O) groups is 1. The summed E-state index contributed by atoms with van der Waals surface area (Å²) >= 11 is 0. The van der Waals surface area contributed by atoms with Gasteiger partial charge in [-0.25, -0.2) is 0 Å². The van der Waals surface area contributed by atoms with E-state index < -0.39 is 5.97 Å². The number of hydrogen-bond acceptors (Lipinski definition) is 1. The number of carboxylic acid groups (broad SMARTS) is 1. The van der Waals surface area contributed by atoms with E-state index in [9.17, 15) is 4.79 Å². The summed E-state index contributed by atoms with van der Waals surface area (Å²) in [6, 6.07) is 0. The highest BCUT2D eigenvalue weighted by Crippen LogP contribution is 2.35. The predicted molar refractivity (Wildman–Crippen MR) is 98.5 cm³/mol. The van der Waals surface area contributed by atoms with Crippen LogP contribution in [0.5, 0.6) is 0 Å². The van der Waals surface area contributed by atoms with Crippen molar-refractivity contribution in [2.45, 2.75) is 84.5 Å². The van der Waals surface area contributed by atoms with Gasteiger partial charge in [-0.2, -0.15) is 0 Å². The lowest BCUT2D eigenvalue weighted by molar-refractivity contribution is -0.141. The molecule has 0 saturated heterocycles. The molecular weight excluding hydrogens is 284 g/mol. The summed E-state index contributed by atoms with van der Waals surface area (Å²) in [5.41, 5.74) is 0. The van der Waals surface area contributed by atoms with Gasteiger partial charge in [-0.3, -0.25) is 4.79 Å². The van der Waals surface area contributed by atoms with Gasteiger partial charge in [-0.15, -0.1) is 0 Å². The Labute approximate surface area is 143 Å². The van der Waals surface area contributed by atoms with Crippen LogP contribution in [0.2, 0.25) is 0 Å². The average Bonchev–Trinajstić information content (AvgIpc) is 2.97. The molecule has 132 valence electrons. The second-order valence-electron chi connectivity index (χ2n) is 7.16. The van der Waals surface area contributed by atoms with Crippen molar-refractivity contribution in [3.8, 4) is 0 Å². The second-order valence-corrected chi connectivity index (χ2v) is 7.16. The van der Waals surface area contributed by atoms with Crippen molar-refractivity contribution < 1.29 is 9.90 Å². The van der Waals surface area contributed by atoms with Gasteiger partial charge in [0.25, 0.3) is 0 Å². The van der Waals surface area contributed by atoms with E-state index >= 15 is 0 Å². The Bertz CT molecular complexity index is 370. The number of rotatable bonds is 12. The first-order chi connectivity index (χ1) is 11.1. The quantitative estimate of drug-likeness (QED) is 0.335. The summed E-state index contributed by atoms with van der Waals surface area (Å²) in [7, 11) is 0. The van der Waals surface area contributed by atoms with Gasteiger partial charge in [0.2, 0.25) is 0 Å². The van der Waals surface area contributed by atoms with Crippen LogP contribution in [0.15, 0.2) is 24.3 Å². The molecule has 0 amide bonds. The minimum atomic E-state index is -0.682. The van der Waals surface area contributed by atoms with Crippen LogP contribution in [-0.4, -0.2) is 11.1 Å². The highest BCUT2D eigenvalue weighted by molar-refractivity contribution is 5.69. The van der Waals surface area contributed by atoms with Crippen molar-refractivity contribution in [3.63, 3.8) is 0 Å². The molecule has 1 aliphatic rings. The molecular formula is C21H36O2. The molecule has 1 N–H and O–H groups in total.